The van der Waals surface area contributed by atoms with Crippen LogP contribution in [0.3, 0.4) is 0 Å². The van der Waals surface area contributed by atoms with Gasteiger partial charge >= 0.3 is 0 Å². The summed E-state index contributed by atoms with van der Waals surface area (Å²) in [5.74, 6) is 0.651. The molecule has 0 aliphatic carbocycles. The summed E-state index contributed by atoms with van der Waals surface area (Å²) in [5, 5.41) is 10.1. The molecule has 0 bridgehead atoms. The summed E-state index contributed by atoms with van der Waals surface area (Å²) in [6.07, 6.45) is 0.670. The van der Waals surface area contributed by atoms with Gasteiger partial charge < -0.3 is 4.74 Å². The Bertz CT molecular complexity index is 661. The molecular formula is C18H18ClNO. The van der Waals surface area contributed by atoms with Crippen LogP contribution >= 0.6 is 11.6 Å². The van der Waals surface area contributed by atoms with E-state index < -0.39 is 0 Å². The number of halogens is 1. The Morgan fingerprint density at radius 1 is 1.14 bits per heavy atom. The largest absolute Gasteiger partial charge is 0.494 e. The fourth-order valence-electron chi connectivity index (χ4n) is 2.27. The van der Waals surface area contributed by atoms with Crippen LogP contribution in [0.1, 0.15) is 29.0 Å². The van der Waals surface area contributed by atoms with Crippen LogP contribution < -0.4 is 4.74 Å². The highest BCUT2D eigenvalue weighted by atomic mass is 35.5. The van der Waals surface area contributed by atoms with Crippen molar-refractivity contribution in [3.8, 4) is 11.8 Å². The normalized spacial score (nSPS) is 11.7. The Morgan fingerprint density at radius 2 is 1.90 bits per heavy atom. The molecule has 0 aliphatic heterocycles. The maximum absolute atomic E-state index is 9.36. The molecule has 0 heterocycles. The first kappa shape index (κ1) is 15.4. The summed E-state index contributed by atoms with van der Waals surface area (Å²) in [5.41, 5.74) is 3.21. The minimum Gasteiger partial charge on any atom is -0.494 e. The fourth-order valence-corrected chi connectivity index (χ4v) is 2.39. The van der Waals surface area contributed by atoms with E-state index in [0.29, 0.717) is 13.0 Å². The third kappa shape index (κ3) is 4.00. The molecule has 0 radical (unpaired) electrons. The molecule has 0 aliphatic rings. The molecule has 0 aromatic heterocycles. The standard InChI is InChI=1S/C18H18ClNO/c1-13-5-3-4-6-17(13)15(12-20)9-10-21-16-7-8-18(19)14(2)11-16/h3-8,11,15H,9-10H2,1-2H3. The smallest absolute Gasteiger partial charge is 0.119 e. The van der Waals surface area contributed by atoms with E-state index in [-0.39, 0.29) is 5.92 Å². The number of ether oxygens (including phenoxy) is 1. The zero-order chi connectivity index (χ0) is 15.2. The highest BCUT2D eigenvalue weighted by Crippen LogP contribution is 2.24. The number of rotatable bonds is 5. The van der Waals surface area contributed by atoms with Crippen LogP contribution in [-0.4, -0.2) is 6.61 Å². The van der Waals surface area contributed by atoms with E-state index >= 15 is 0 Å². The zero-order valence-corrected chi connectivity index (χ0v) is 13.0. The molecule has 2 aromatic rings. The molecule has 0 amide bonds. The van der Waals surface area contributed by atoms with Crippen LogP contribution in [0.2, 0.25) is 5.02 Å². The molecule has 0 N–H and O–H groups in total. The van der Waals surface area contributed by atoms with Crippen molar-refractivity contribution < 1.29 is 4.74 Å². The van der Waals surface area contributed by atoms with E-state index in [1.807, 2.05) is 56.3 Å². The van der Waals surface area contributed by atoms with Gasteiger partial charge in [-0.3, -0.25) is 0 Å². The zero-order valence-electron chi connectivity index (χ0n) is 12.3. The highest BCUT2D eigenvalue weighted by molar-refractivity contribution is 6.31. The van der Waals surface area contributed by atoms with Crippen LogP contribution in [0, 0.1) is 25.2 Å². The van der Waals surface area contributed by atoms with Gasteiger partial charge in [0.25, 0.3) is 0 Å². The minimum atomic E-state index is -0.139. The van der Waals surface area contributed by atoms with E-state index in [1.165, 1.54) is 0 Å². The molecule has 21 heavy (non-hydrogen) atoms. The SMILES string of the molecule is Cc1cc(OCCC(C#N)c2ccccc2C)ccc1Cl. The minimum absolute atomic E-state index is 0.139. The van der Waals surface area contributed by atoms with Crippen molar-refractivity contribution in [3.05, 3.63) is 64.2 Å². The van der Waals surface area contributed by atoms with Gasteiger partial charge in [-0.25, -0.2) is 0 Å². The van der Waals surface area contributed by atoms with Gasteiger partial charge in [0.1, 0.15) is 5.75 Å². The Labute approximate surface area is 130 Å². The first-order valence-corrected chi connectivity index (χ1v) is 7.33. The average molecular weight is 300 g/mol. The van der Waals surface area contributed by atoms with Crippen LogP contribution in [0.4, 0.5) is 0 Å². The van der Waals surface area contributed by atoms with Gasteiger partial charge in [-0.05, 0) is 48.7 Å². The first-order valence-electron chi connectivity index (χ1n) is 6.96. The van der Waals surface area contributed by atoms with Crippen molar-refractivity contribution in [1.82, 2.24) is 0 Å². The lowest BCUT2D eigenvalue weighted by Crippen LogP contribution is -2.06. The summed E-state index contributed by atoms with van der Waals surface area (Å²) >= 11 is 5.99. The van der Waals surface area contributed by atoms with Gasteiger partial charge in [-0.2, -0.15) is 5.26 Å². The maximum Gasteiger partial charge on any atom is 0.119 e. The number of nitrogens with zero attached hydrogens (tertiary/aromatic N) is 1. The van der Waals surface area contributed by atoms with Gasteiger partial charge in [-0.1, -0.05) is 35.9 Å². The van der Waals surface area contributed by atoms with Crippen molar-refractivity contribution >= 4 is 11.6 Å². The average Bonchev–Trinajstić information content (AvgIpc) is 2.48. The Hall–Kier alpha value is -1.98. The second kappa shape index (κ2) is 7.15. The second-order valence-electron chi connectivity index (χ2n) is 5.09. The van der Waals surface area contributed by atoms with Crippen molar-refractivity contribution in [1.29, 1.82) is 5.26 Å². The molecule has 3 heteroatoms. The monoisotopic (exact) mass is 299 g/mol. The van der Waals surface area contributed by atoms with Gasteiger partial charge in [0.05, 0.1) is 18.6 Å². The summed E-state index contributed by atoms with van der Waals surface area (Å²) in [4.78, 5) is 0. The summed E-state index contributed by atoms with van der Waals surface area (Å²) in [7, 11) is 0. The molecule has 0 saturated carbocycles. The van der Waals surface area contributed by atoms with E-state index in [2.05, 4.69) is 6.07 Å². The molecule has 0 saturated heterocycles. The number of benzene rings is 2. The first-order chi connectivity index (χ1) is 10.1. The molecule has 0 fully saturated rings. The predicted octanol–water partition coefficient (Wildman–Crippen LogP) is 5.03. The van der Waals surface area contributed by atoms with Crippen molar-refractivity contribution in [2.45, 2.75) is 26.2 Å². The lowest BCUT2D eigenvalue weighted by Gasteiger charge is -2.13. The predicted molar refractivity (Wildman–Crippen MR) is 85.8 cm³/mol. The highest BCUT2D eigenvalue weighted by Gasteiger charge is 2.12. The Balaban J connectivity index is 1.97. The van der Waals surface area contributed by atoms with Crippen molar-refractivity contribution in [2.24, 2.45) is 0 Å². The van der Waals surface area contributed by atoms with Gasteiger partial charge in [-0.15, -0.1) is 0 Å². The maximum atomic E-state index is 9.36. The second-order valence-corrected chi connectivity index (χ2v) is 5.49. The Kier molecular flexibility index (Phi) is 5.25. The van der Waals surface area contributed by atoms with Crippen molar-refractivity contribution in [2.75, 3.05) is 6.61 Å². The molecule has 2 nitrogen and oxygen atoms in total. The van der Waals surface area contributed by atoms with Gasteiger partial charge in [0.15, 0.2) is 0 Å². The van der Waals surface area contributed by atoms with E-state index in [1.54, 1.807) is 0 Å². The third-order valence-corrected chi connectivity index (χ3v) is 3.95. The molecule has 1 unspecified atom stereocenters. The quantitative estimate of drug-likeness (QED) is 0.775. The molecule has 0 spiro atoms. The summed E-state index contributed by atoms with van der Waals surface area (Å²) in [6.45, 7) is 4.48. The number of aryl methyl sites for hydroxylation is 2. The summed E-state index contributed by atoms with van der Waals surface area (Å²) in [6, 6.07) is 16.0. The lowest BCUT2D eigenvalue weighted by molar-refractivity contribution is 0.305. The summed E-state index contributed by atoms with van der Waals surface area (Å²) < 4.78 is 5.73. The van der Waals surface area contributed by atoms with Crippen LogP contribution in [0.25, 0.3) is 0 Å². The van der Waals surface area contributed by atoms with Gasteiger partial charge in [0.2, 0.25) is 0 Å². The number of hydrogen-bond donors (Lipinski definition) is 0. The third-order valence-electron chi connectivity index (χ3n) is 3.52. The molecular weight excluding hydrogens is 282 g/mol. The van der Waals surface area contributed by atoms with E-state index in [4.69, 9.17) is 16.3 Å². The van der Waals surface area contributed by atoms with Crippen molar-refractivity contribution in [3.63, 3.8) is 0 Å². The molecule has 1 atom stereocenters. The topological polar surface area (TPSA) is 33.0 Å². The van der Waals surface area contributed by atoms with Gasteiger partial charge in [0, 0.05) is 11.4 Å². The lowest BCUT2D eigenvalue weighted by atomic mass is 9.94. The van der Waals surface area contributed by atoms with Crippen LogP contribution in [-0.2, 0) is 0 Å². The van der Waals surface area contributed by atoms with E-state index in [9.17, 15) is 5.26 Å². The van der Waals surface area contributed by atoms with Crippen LogP contribution in [0.5, 0.6) is 5.75 Å². The molecule has 2 rings (SSSR count). The van der Waals surface area contributed by atoms with Crippen LogP contribution in [0.15, 0.2) is 42.5 Å². The number of nitriles is 1. The van der Waals surface area contributed by atoms with E-state index in [0.717, 1.165) is 27.5 Å². The Morgan fingerprint density at radius 3 is 2.57 bits per heavy atom. The molecule has 108 valence electrons. The number of hydrogen-bond acceptors (Lipinski definition) is 2. The fraction of sp³-hybridized carbons (Fsp3) is 0.278. The molecule has 2 aromatic carbocycles.